The first-order chi connectivity index (χ1) is 7.61. The zero-order valence-corrected chi connectivity index (χ0v) is 10.1. The lowest BCUT2D eigenvalue weighted by molar-refractivity contribution is 0.843. The van der Waals surface area contributed by atoms with Crippen LogP contribution in [0.5, 0.6) is 0 Å². The van der Waals surface area contributed by atoms with E-state index in [1.165, 1.54) is 0 Å². The summed E-state index contributed by atoms with van der Waals surface area (Å²) in [5.41, 5.74) is 8.94. The van der Waals surface area contributed by atoms with Gasteiger partial charge in [-0.1, -0.05) is 24.6 Å². The molecule has 4 heteroatoms. The quantitative estimate of drug-likeness (QED) is 0.870. The molecule has 2 rings (SSSR count). The van der Waals surface area contributed by atoms with Crippen molar-refractivity contribution in [2.45, 2.75) is 20.3 Å². The maximum Gasteiger partial charge on any atom is 0.127 e. The highest BCUT2D eigenvalue weighted by Gasteiger charge is 2.08. The van der Waals surface area contributed by atoms with E-state index in [1.807, 2.05) is 31.2 Å². The fourth-order valence-corrected chi connectivity index (χ4v) is 1.79. The van der Waals surface area contributed by atoms with Crippen molar-refractivity contribution < 1.29 is 0 Å². The van der Waals surface area contributed by atoms with E-state index in [2.05, 4.69) is 12.0 Å². The fraction of sp³-hybridized carbons (Fsp3) is 0.250. The molecule has 0 aliphatic carbocycles. The van der Waals surface area contributed by atoms with Crippen LogP contribution in [0.25, 0.3) is 5.69 Å². The van der Waals surface area contributed by atoms with Gasteiger partial charge in [0.15, 0.2) is 0 Å². The normalized spacial score (nSPS) is 10.7. The number of rotatable bonds is 2. The molecule has 3 nitrogen and oxygen atoms in total. The first-order valence-corrected chi connectivity index (χ1v) is 5.60. The highest BCUT2D eigenvalue weighted by Crippen LogP contribution is 2.22. The SMILES string of the molecule is CCc1cc(N)n(-c2cc(Cl)ccc2C)n1. The number of anilines is 1. The molecule has 0 unspecified atom stereocenters. The van der Waals surface area contributed by atoms with Gasteiger partial charge < -0.3 is 5.73 Å². The molecule has 0 spiro atoms. The number of aryl methyl sites for hydroxylation is 2. The molecule has 0 amide bonds. The van der Waals surface area contributed by atoms with E-state index in [-0.39, 0.29) is 0 Å². The highest BCUT2D eigenvalue weighted by atomic mass is 35.5. The molecule has 1 aromatic carbocycles. The van der Waals surface area contributed by atoms with E-state index in [4.69, 9.17) is 17.3 Å². The fourth-order valence-electron chi connectivity index (χ4n) is 1.62. The monoisotopic (exact) mass is 235 g/mol. The number of benzene rings is 1. The second-order valence-electron chi connectivity index (χ2n) is 3.76. The zero-order valence-electron chi connectivity index (χ0n) is 9.37. The third-order valence-corrected chi connectivity index (χ3v) is 2.78. The Kier molecular flexibility index (Phi) is 2.88. The second kappa shape index (κ2) is 4.18. The van der Waals surface area contributed by atoms with Crippen LogP contribution in [0.1, 0.15) is 18.2 Å². The van der Waals surface area contributed by atoms with Crippen LogP contribution in [0.15, 0.2) is 24.3 Å². The molecular weight excluding hydrogens is 222 g/mol. The van der Waals surface area contributed by atoms with Gasteiger partial charge in [0.1, 0.15) is 5.82 Å². The Labute approximate surface area is 99.8 Å². The Bertz CT molecular complexity index is 517. The molecule has 1 aromatic heterocycles. The summed E-state index contributed by atoms with van der Waals surface area (Å²) in [5, 5.41) is 5.12. The van der Waals surface area contributed by atoms with Crippen LogP contribution in [0.3, 0.4) is 0 Å². The molecule has 1 heterocycles. The predicted octanol–water partition coefficient (Wildman–Crippen LogP) is 2.98. The molecule has 0 saturated carbocycles. The predicted molar refractivity (Wildman–Crippen MR) is 67.1 cm³/mol. The van der Waals surface area contributed by atoms with Crippen molar-refractivity contribution in [1.82, 2.24) is 9.78 Å². The van der Waals surface area contributed by atoms with Gasteiger partial charge in [-0.2, -0.15) is 5.10 Å². The summed E-state index contributed by atoms with van der Waals surface area (Å²) in [6, 6.07) is 7.59. The molecular formula is C12H14ClN3. The summed E-state index contributed by atoms with van der Waals surface area (Å²) in [6.45, 7) is 4.06. The maximum absolute atomic E-state index is 5.98. The number of hydrogen-bond donors (Lipinski definition) is 1. The molecule has 0 fully saturated rings. The minimum atomic E-state index is 0.641. The third-order valence-electron chi connectivity index (χ3n) is 2.55. The summed E-state index contributed by atoms with van der Waals surface area (Å²) in [4.78, 5) is 0. The van der Waals surface area contributed by atoms with E-state index in [9.17, 15) is 0 Å². The van der Waals surface area contributed by atoms with Crippen LogP contribution in [0.2, 0.25) is 5.02 Å². The Morgan fingerprint density at radius 3 is 2.75 bits per heavy atom. The van der Waals surface area contributed by atoms with Crippen LogP contribution < -0.4 is 5.73 Å². The number of nitrogens with two attached hydrogens (primary N) is 1. The molecule has 0 aliphatic heterocycles. The van der Waals surface area contributed by atoms with E-state index < -0.39 is 0 Å². The average molecular weight is 236 g/mol. The number of halogens is 1. The van der Waals surface area contributed by atoms with Crippen molar-refractivity contribution in [1.29, 1.82) is 0 Å². The third kappa shape index (κ3) is 1.91. The molecule has 16 heavy (non-hydrogen) atoms. The largest absolute Gasteiger partial charge is 0.384 e. The molecule has 84 valence electrons. The lowest BCUT2D eigenvalue weighted by atomic mass is 10.2. The summed E-state index contributed by atoms with van der Waals surface area (Å²) in [7, 11) is 0. The van der Waals surface area contributed by atoms with E-state index >= 15 is 0 Å². The van der Waals surface area contributed by atoms with Crippen LogP contribution in [-0.4, -0.2) is 9.78 Å². The number of nitrogen functional groups attached to an aromatic ring is 1. The number of nitrogens with zero attached hydrogens (tertiary/aromatic N) is 2. The molecule has 0 aliphatic rings. The van der Waals surface area contributed by atoms with Crippen LogP contribution in [0, 0.1) is 6.92 Å². The van der Waals surface area contributed by atoms with Gasteiger partial charge in [-0.05, 0) is 31.0 Å². The molecule has 0 radical (unpaired) electrons. The summed E-state index contributed by atoms with van der Waals surface area (Å²) in [5.74, 6) is 0.641. The smallest absolute Gasteiger partial charge is 0.127 e. The molecule has 0 atom stereocenters. The van der Waals surface area contributed by atoms with E-state index in [1.54, 1.807) is 4.68 Å². The zero-order chi connectivity index (χ0) is 11.7. The number of aromatic nitrogens is 2. The second-order valence-corrected chi connectivity index (χ2v) is 4.19. The van der Waals surface area contributed by atoms with Crippen LogP contribution in [-0.2, 0) is 6.42 Å². The van der Waals surface area contributed by atoms with Crippen molar-refractivity contribution in [2.75, 3.05) is 5.73 Å². The molecule has 2 aromatic rings. The lowest BCUT2D eigenvalue weighted by Crippen LogP contribution is -2.03. The minimum absolute atomic E-state index is 0.641. The van der Waals surface area contributed by atoms with Gasteiger partial charge >= 0.3 is 0 Å². The molecule has 0 saturated heterocycles. The minimum Gasteiger partial charge on any atom is -0.384 e. The lowest BCUT2D eigenvalue weighted by Gasteiger charge is -2.07. The Hall–Kier alpha value is -1.48. The Morgan fingerprint density at radius 1 is 1.38 bits per heavy atom. The van der Waals surface area contributed by atoms with E-state index in [0.717, 1.165) is 23.4 Å². The Morgan fingerprint density at radius 2 is 2.12 bits per heavy atom. The first kappa shape index (κ1) is 11.0. The maximum atomic E-state index is 5.98. The van der Waals surface area contributed by atoms with Gasteiger partial charge in [0.05, 0.1) is 11.4 Å². The van der Waals surface area contributed by atoms with Crippen molar-refractivity contribution in [3.8, 4) is 5.69 Å². The van der Waals surface area contributed by atoms with Gasteiger partial charge in [0.2, 0.25) is 0 Å². The molecule has 0 bridgehead atoms. The summed E-state index contributed by atoms with van der Waals surface area (Å²) >= 11 is 5.98. The first-order valence-electron chi connectivity index (χ1n) is 5.22. The van der Waals surface area contributed by atoms with Crippen molar-refractivity contribution in [2.24, 2.45) is 0 Å². The van der Waals surface area contributed by atoms with Crippen molar-refractivity contribution >= 4 is 17.4 Å². The van der Waals surface area contributed by atoms with E-state index in [0.29, 0.717) is 10.8 Å². The molecule has 2 N–H and O–H groups in total. The van der Waals surface area contributed by atoms with Crippen molar-refractivity contribution in [3.63, 3.8) is 0 Å². The standard InChI is InChI=1S/C12H14ClN3/c1-3-10-7-12(14)16(15-10)11-6-9(13)5-4-8(11)2/h4-7H,3,14H2,1-2H3. The van der Waals surface area contributed by atoms with Gasteiger partial charge in [0.25, 0.3) is 0 Å². The summed E-state index contributed by atoms with van der Waals surface area (Å²) < 4.78 is 1.74. The highest BCUT2D eigenvalue weighted by molar-refractivity contribution is 6.30. The van der Waals surface area contributed by atoms with Gasteiger partial charge in [-0.3, -0.25) is 0 Å². The van der Waals surface area contributed by atoms with Crippen LogP contribution >= 0.6 is 11.6 Å². The average Bonchev–Trinajstić information content (AvgIpc) is 2.63. The number of hydrogen-bond acceptors (Lipinski definition) is 2. The van der Waals surface area contributed by atoms with Crippen molar-refractivity contribution in [3.05, 3.63) is 40.5 Å². The topological polar surface area (TPSA) is 43.8 Å². The summed E-state index contributed by atoms with van der Waals surface area (Å²) in [6.07, 6.45) is 0.872. The van der Waals surface area contributed by atoms with Gasteiger partial charge in [-0.15, -0.1) is 0 Å². The Balaban J connectivity index is 2.57. The van der Waals surface area contributed by atoms with Gasteiger partial charge in [-0.25, -0.2) is 4.68 Å². The van der Waals surface area contributed by atoms with Crippen LogP contribution in [0.4, 0.5) is 5.82 Å². The van der Waals surface area contributed by atoms with Gasteiger partial charge in [0, 0.05) is 11.1 Å².